The highest BCUT2D eigenvalue weighted by molar-refractivity contribution is 7.99. The van der Waals surface area contributed by atoms with Gasteiger partial charge in [-0.25, -0.2) is 4.39 Å². The Labute approximate surface area is 135 Å². The third-order valence-corrected chi connectivity index (χ3v) is 4.04. The molecule has 114 valence electrons. The van der Waals surface area contributed by atoms with E-state index < -0.39 is 5.82 Å². The van der Waals surface area contributed by atoms with Gasteiger partial charge in [0.2, 0.25) is 5.16 Å². The second-order valence-corrected chi connectivity index (χ2v) is 5.41. The van der Waals surface area contributed by atoms with Crippen molar-refractivity contribution in [2.45, 2.75) is 10.1 Å². The minimum atomic E-state index is -0.569. The van der Waals surface area contributed by atoms with Crippen molar-refractivity contribution < 1.29 is 9.13 Å². The second kappa shape index (κ2) is 6.46. The summed E-state index contributed by atoms with van der Waals surface area (Å²) >= 11 is 1.12. The van der Waals surface area contributed by atoms with Gasteiger partial charge < -0.3 is 4.74 Å². The van der Waals surface area contributed by atoms with Crippen LogP contribution in [0.2, 0.25) is 0 Å². The summed E-state index contributed by atoms with van der Waals surface area (Å²) < 4.78 is 20.3. The lowest BCUT2D eigenvalue weighted by atomic mass is 10.2. The number of hydrogen-bond donors (Lipinski definition) is 0. The predicted molar refractivity (Wildman–Crippen MR) is 80.9 cm³/mol. The molecule has 8 heteroatoms. The molecule has 0 saturated carbocycles. The van der Waals surface area contributed by atoms with E-state index >= 15 is 0 Å². The van der Waals surface area contributed by atoms with Gasteiger partial charge in [-0.15, -0.1) is 5.10 Å². The third-order valence-electron chi connectivity index (χ3n) is 3.05. The van der Waals surface area contributed by atoms with Crippen molar-refractivity contribution >= 4 is 11.8 Å². The van der Waals surface area contributed by atoms with Crippen molar-refractivity contribution in [1.29, 1.82) is 5.26 Å². The van der Waals surface area contributed by atoms with E-state index in [-0.39, 0.29) is 5.56 Å². The molecule has 0 saturated heterocycles. The zero-order valence-electron chi connectivity index (χ0n) is 12.0. The van der Waals surface area contributed by atoms with Gasteiger partial charge in [-0.2, -0.15) is 9.94 Å². The SMILES string of the molecule is COc1ccc(-n2nnnc2Sc2cccc(F)c2C#N)cc1. The van der Waals surface area contributed by atoms with E-state index in [2.05, 4.69) is 15.5 Å². The molecule has 23 heavy (non-hydrogen) atoms. The minimum Gasteiger partial charge on any atom is -0.497 e. The third kappa shape index (κ3) is 3.00. The maximum atomic E-state index is 13.7. The summed E-state index contributed by atoms with van der Waals surface area (Å²) in [5, 5.41) is 21.0. The molecule has 3 aromatic rings. The molecular formula is C15H10FN5OS. The fourth-order valence-electron chi connectivity index (χ4n) is 1.92. The van der Waals surface area contributed by atoms with E-state index in [4.69, 9.17) is 10.00 Å². The monoisotopic (exact) mass is 327 g/mol. The molecule has 0 bridgehead atoms. The summed E-state index contributed by atoms with van der Waals surface area (Å²) in [5.41, 5.74) is 0.704. The van der Waals surface area contributed by atoms with Gasteiger partial charge in [0.25, 0.3) is 0 Å². The molecule has 0 amide bonds. The fraction of sp³-hybridized carbons (Fsp3) is 0.0667. The summed E-state index contributed by atoms with van der Waals surface area (Å²) in [4.78, 5) is 0.456. The van der Waals surface area contributed by atoms with E-state index in [9.17, 15) is 4.39 Å². The molecular weight excluding hydrogens is 317 g/mol. The fourth-order valence-corrected chi connectivity index (χ4v) is 2.82. The van der Waals surface area contributed by atoms with Crippen LogP contribution in [0.25, 0.3) is 5.69 Å². The molecule has 1 heterocycles. The predicted octanol–water partition coefficient (Wildman–Crippen LogP) is 2.83. The van der Waals surface area contributed by atoms with Crippen LogP contribution >= 0.6 is 11.8 Å². The summed E-state index contributed by atoms with van der Waals surface area (Å²) in [6.45, 7) is 0. The first-order valence-electron chi connectivity index (χ1n) is 6.52. The highest BCUT2D eigenvalue weighted by Crippen LogP contribution is 2.30. The lowest BCUT2D eigenvalue weighted by Gasteiger charge is -2.06. The van der Waals surface area contributed by atoms with E-state index in [0.717, 1.165) is 17.4 Å². The van der Waals surface area contributed by atoms with Crippen molar-refractivity contribution in [2.75, 3.05) is 7.11 Å². The van der Waals surface area contributed by atoms with Crippen LogP contribution in [0.4, 0.5) is 4.39 Å². The summed E-state index contributed by atoms with van der Waals surface area (Å²) in [6.07, 6.45) is 0. The van der Waals surface area contributed by atoms with Crippen LogP contribution in [0.15, 0.2) is 52.5 Å². The van der Waals surface area contributed by atoms with E-state index in [1.54, 1.807) is 43.5 Å². The number of tetrazole rings is 1. The number of ether oxygens (including phenoxy) is 1. The molecule has 0 fully saturated rings. The van der Waals surface area contributed by atoms with Gasteiger partial charge >= 0.3 is 0 Å². The molecule has 6 nitrogen and oxygen atoms in total. The standard InChI is InChI=1S/C15H10FN5OS/c1-22-11-7-5-10(6-8-11)21-15(18-19-20-21)23-14-4-2-3-13(16)12(14)9-17/h2-8H,1H3. The van der Waals surface area contributed by atoms with Crippen LogP contribution in [-0.2, 0) is 0 Å². The average molecular weight is 327 g/mol. The Morgan fingerprint density at radius 2 is 2.00 bits per heavy atom. The van der Waals surface area contributed by atoms with Crippen LogP contribution in [-0.4, -0.2) is 27.3 Å². The highest BCUT2D eigenvalue weighted by Gasteiger charge is 2.15. The molecule has 0 unspecified atom stereocenters. The molecule has 0 aliphatic rings. The van der Waals surface area contributed by atoms with E-state index in [1.807, 2.05) is 6.07 Å². The van der Waals surface area contributed by atoms with Crippen LogP contribution < -0.4 is 4.74 Å². The lowest BCUT2D eigenvalue weighted by molar-refractivity contribution is 0.414. The van der Waals surface area contributed by atoms with Crippen molar-refractivity contribution in [1.82, 2.24) is 20.2 Å². The Balaban J connectivity index is 1.96. The zero-order chi connectivity index (χ0) is 16.2. The zero-order valence-corrected chi connectivity index (χ0v) is 12.8. The van der Waals surface area contributed by atoms with Crippen LogP contribution in [0, 0.1) is 17.1 Å². The molecule has 3 rings (SSSR count). The topological polar surface area (TPSA) is 76.6 Å². The van der Waals surface area contributed by atoms with E-state index in [1.165, 1.54) is 10.7 Å². The second-order valence-electron chi connectivity index (χ2n) is 4.40. The first kappa shape index (κ1) is 15.0. The number of halogens is 1. The van der Waals surface area contributed by atoms with E-state index in [0.29, 0.717) is 15.8 Å². The smallest absolute Gasteiger partial charge is 0.218 e. The largest absolute Gasteiger partial charge is 0.497 e. The van der Waals surface area contributed by atoms with Gasteiger partial charge in [0.15, 0.2) is 0 Å². The number of aromatic nitrogens is 4. The van der Waals surface area contributed by atoms with Crippen LogP contribution in [0.1, 0.15) is 5.56 Å². The number of nitrogens with zero attached hydrogens (tertiary/aromatic N) is 5. The van der Waals surface area contributed by atoms with Gasteiger partial charge in [0.05, 0.1) is 12.8 Å². The van der Waals surface area contributed by atoms with Crippen LogP contribution in [0.3, 0.4) is 0 Å². The van der Waals surface area contributed by atoms with Crippen molar-refractivity contribution in [2.24, 2.45) is 0 Å². The number of hydrogen-bond acceptors (Lipinski definition) is 6. The molecule has 0 aliphatic heterocycles. The number of nitriles is 1. The summed E-state index contributed by atoms with van der Waals surface area (Å²) in [7, 11) is 1.58. The average Bonchev–Trinajstić information content (AvgIpc) is 3.03. The molecule has 1 aromatic heterocycles. The molecule has 0 aliphatic carbocycles. The molecule has 2 aromatic carbocycles. The Morgan fingerprint density at radius 3 is 2.70 bits per heavy atom. The number of rotatable bonds is 4. The van der Waals surface area contributed by atoms with Gasteiger partial charge in [-0.1, -0.05) is 6.07 Å². The van der Waals surface area contributed by atoms with Gasteiger partial charge in [0.1, 0.15) is 23.2 Å². The Bertz CT molecular complexity index is 872. The Hall–Kier alpha value is -2.92. The Morgan fingerprint density at radius 1 is 1.22 bits per heavy atom. The minimum absolute atomic E-state index is 0.0261. The number of methoxy groups -OCH3 is 1. The maximum absolute atomic E-state index is 13.7. The van der Waals surface area contributed by atoms with Gasteiger partial charge in [0, 0.05) is 4.90 Å². The van der Waals surface area contributed by atoms with Gasteiger partial charge in [-0.3, -0.25) is 0 Å². The quantitative estimate of drug-likeness (QED) is 0.733. The normalized spacial score (nSPS) is 10.3. The lowest BCUT2D eigenvalue weighted by Crippen LogP contribution is -1.99. The first-order chi connectivity index (χ1) is 11.2. The molecule has 0 atom stereocenters. The van der Waals surface area contributed by atoms with Gasteiger partial charge in [-0.05, 0) is 58.6 Å². The maximum Gasteiger partial charge on any atom is 0.218 e. The Kier molecular flexibility index (Phi) is 4.21. The van der Waals surface area contributed by atoms with Crippen LogP contribution in [0.5, 0.6) is 5.75 Å². The molecule has 0 N–H and O–H groups in total. The highest BCUT2D eigenvalue weighted by atomic mass is 32.2. The summed E-state index contributed by atoms with van der Waals surface area (Å²) in [5.74, 6) is 0.147. The van der Waals surface area contributed by atoms with Crippen molar-refractivity contribution in [3.8, 4) is 17.5 Å². The first-order valence-corrected chi connectivity index (χ1v) is 7.34. The van der Waals surface area contributed by atoms with Crippen molar-refractivity contribution in [3.63, 3.8) is 0 Å². The molecule has 0 radical (unpaired) electrons. The summed E-state index contributed by atoms with van der Waals surface area (Å²) in [6, 6.07) is 13.5. The molecule has 0 spiro atoms. The van der Waals surface area contributed by atoms with Crippen molar-refractivity contribution in [3.05, 3.63) is 53.8 Å². The number of benzene rings is 2.